The highest BCUT2D eigenvalue weighted by atomic mass is 16.5. The van der Waals surface area contributed by atoms with E-state index in [4.69, 9.17) is 19.6 Å². The lowest BCUT2D eigenvalue weighted by atomic mass is 10.1. The van der Waals surface area contributed by atoms with Gasteiger partial charge in [-0.05, 0) is 25.1 Å². The molecule has 0 amide bonds. The molecule has 0 spiro atoms. The zero-order valence-electron chi connectivity index (χ0n) is 10.7. The van der Waals surface area contributed by atoms with Crippen molar-refractivity contribution in [1.29, 1.82) is 0 Å². The van der Waals surface area contributed by atoms with Gasteiger partial charge in [0.2, 0.25) is 5.89 Å². The smallest absolute Gasteiger partial charge is 0.208 e. The van der Waals surface area contributed by atoms with Crippen LogP contribution in [-0.2, 0) is 6.54 Å². The summed E-state index contributed by atoms with van der Waals surface area (Å²) in [6.07, 6.45) is 0. The molecule has 2 N–H and O–H groups in total. The molecule has 96 valence electrons. The number of aryl methyl sites for hydroxylation is 1. The number of oxazole rings is 1. The molecule has 0 bridgehead atoms. The Morgan fingerprint density at radius 2 is 2.06 bits per heavy atom. The summed E-state index contributed by atoms with van der Waals surface area (Å²) in [5.41, 5.74) is 7.08. The normalized spacial score (nSPS) is 10.4. The van der Waals surface area contributed by atoms with Crippen LogP contribution in [0.2, 0.25) is 0 Å². The minimum absolute atomic E-state index is 0.271. The highest BCUT2D eigenvalue weighted by Crippen LogP contribution is 2.34. The SMILES string of the molecule is COc1ccc(OC)c(-c2nc(CN)oc2C)c1. The maximum Gasteiger partial charge on any atom is 0.208 e. The lowest BCUT2D eigenvalue weighted by molar-refractivity contribution is 0.404. The molecule has 5 nitrogen and oxygen atoms in total. The lowest BCUT2D eigenvalue weighted by Gasteiger charge is -2.08. The highest BCUT2D eigenvalue weighted by molar-refractivity contribution is 5.70. The highest BCUT2D eigenvalue weighted by Gasteiger charge is 2.15. The van der Waals surface area contributed by atoms with E-state index in [1.165, 1.54) is 0 Å². The van der Waals surface area contributed by atoms with Crippen LogP contribution in [-0.4, -0.2) is 19.2 Å². The molecule has 18 heavy (non-hydrogen) atoms. The van der Waals surface area contributed by atoms with Crippen molar-refractivity contribution in [1.82, 2.24) is 4.98 Å². The summed E-state index contributed by atoms with van der Waals surface area (Å²) in [5.74, 6) is 2.67. The quantitative estimate of drug-likeness (QED) is 0.897. The van der Waals surface area contributed by atoms with E-state index in [-0.39, 0.29) is 6.54 Å². The molecule has 1 heterocycles. The number of hydrogen-bond acceptors (Lipinski definition) is 5. The number of hydrogen-bond donors (Lipinski definition) is 1. The largest absolute Gasteiger partial charge is 0.497 e. The summed E-state index contributed by atoms with van der Waals surface area (Å²) < 4.78 is 16.0. The van der Waals surface area contributed by atoms with Crippen LogP contribution in [0.3, 0.4) is 0 Å². The Kier molecular flexibility index (Phi) is 3.53. The molecule has 0 radical (unpaired) electrons. The molecule has 0 fully saturated rings. The van der Waals surface area contributed by atoms with E-state index in [1.54, 1.807) is 14.2 Å². The van der Waals surface area contributed by atoms with Gasteiger partial charge in [0, 0.05) is 5.56 Å². The summed E-state index contributed by atoms with van der Waals surface area (Å²) in [4.78, 5) is 4.36. The van der Waals surface area contributed by atoms with E-state index in [0.717, 1.165) is 22.8 Å². The molecule has 5 heteroatoms. The molecular weight excluding hydrogens is 232 g/mol. The first-order chi connectivity index (χ1) is 8.69. The van der Waals surface area contributed by atoms with Crippen LogP contribution < -0.4 is 15.2 Å². The predicted octanol–water partition coefficient (Wildman–Crippen LogP) is 2.13. The standard InChI is InChI=1S/C13H16N2O3/c1-8-13(15-12(7-14)18-8)10-6-9(16-2)4-5-11(10)17-3/h4-6H,7,14H2,1-3H3. The lowest BCUT2D eigenvalue weighted by Crippen LogP contribution is -1.96. The summed E-state index contributed by atoms with van der Waals surface area (Å²) >= 11 is 0. The third kappa shape index (κ3) is 2.17. The van der Waals surface area contributed by atoms with Crippen molar-refractivity contribution in [2.75, 3.05) is 14.2 Å². The Labute approximate surface area is 106 Å². The average molecular weight is 248 g/mol. The van der Waals surface area contributed by atoms with Gasteiger partial charge >= 0.3 is 0 Å². The Bertz CT molecular complexity index is 549. The van der Waals surface area contributed by atoms with E-state index in [9.17, 15) is 0 Å². The van der Waals surface area contributed by atoms with E-state index in [2.05, 4.69) is 4.98 Å². The van der Waals surface area contributed by atoms with Crippen LogP contribution in [0.1, 0.15) is 11.7 Å². The van der Waals surface area contributed by atoms with Crippen LogP contribution in [0.4, 0.5) is 0 Å². The first-order valence-corrected chi connectivity index (χ1v) is 5.58. The second-order valence-corrected chi connectivity index (χ2v) is 3.78. The number of nitrogens with zero attached hydrogens (tertiary/aromatic N) is 1. The molecule has 0 atom stereocenters. The van der Waals surface area contributed by atoms with Crippen LogP contribution >= 0.6 is 0 Å². The van der Waals surface area contributed by atoms with Crippen LogP contribution in [0.15, 0.2) is 22.6 Å². The van der Waals surface area contributed by atoms with Crippen LogP contribution in [0, 0.1) is 6.92 Å². The molecule has 0 saturated carbocycles. The molecule has 0 aliphatic heterocycles. The number of aromatic nitrogens is 1. The van der Waals surface area contributed by atoms with Crippen molar-refractivity contribution in [3.05, 3.63) is 29.9 Å². The van der Waals surface area contributed by atoms with Crippen molar-refractivity contribution in [3.63, 3.8) is 0 Å². The van der Waals surface area contributed by atoms with Gasteiger partial charge < -0.3 is 19.6 Å². The zero-order valence-corrected chi connectivity index (χ0v) is 10.7. The van der Waals surface area contributed by atoms with Crippen molar-refractivity contribution in [2.24, 2.45) is 5.73 Å². The minimum Gasteiger partial charge on any atom is -0.497 e. The summed E-state index contributed by atoms with van der Waals surface area (Å²) in [5, 5.41) is 0. The number of ether oxygens (including phenoxy) is 2. The van der Waals surface area contributed by atoms with Gasteiger partial charge in [-0.1, -0.05) is 0 Å². The monoisotopic (exact) mass is 248 g/mol. The van der Waals surface area contributed by atoms with Crippen molar-refractivity contribution >= 4 is 0 Å². The summed E-state index contributed by atoms with van der Waals surface area (Å²) in [6, 6.07) is 5.54. The Balaban J connectivity index is 2.56. The molecule has 0 aliphatic rings. The van der Waals surface area contributed by atoms with Crippen LogP contribution in [0.5, 0.6) is 11.5 Å². The number of nitrogens with two attached hydrogens (primary N) is 1. The Morgan fingerprint density at radius 3 is 2.61 bits per heavy atom. The van der Waals surface area contributed by atoms with Crippen molar-refractivity contribution in [3.8, 4) is 22.8 Å². The fraction of sp³-hybridized carbons (Fsp3) is 0.308. The van der Waals surface area contributed by atoms with E-state index in [1.807, 2.05) is 25.1 Å². The van der Waals surface area contributed by atoms with Gasteiger partial charge in [-0.15, -0.1) is 0 Å². The molecule has 0 saturated heterocycles. The van der Waals surface area contributed by atoms with Gasteiger partial charge in [0.1, 0.15) is 23.0 Å². The maximum atomic E-state index is 5.52. The first-order valence-electron chi connectivity index (χ1n) is 5.58. The van der Waals surface area contributed by atoms with Crippen LogP contribution in [0.25, 0.3) is 11.3 Å². The van der Waals surface area contributed by atoms with Gasteiger partial charge in [-0.2, -0.15) is 0 Å². The fourth-order valence-corrected chi connectivity index (χ4v) is 1.79. The minimum atomic E-state index is 0.271. The number of benzene rings is 1. The summed E-state index contributed by atoms with van der Waals surface area (Å²) in [7, 11) is 3.23. The van der Waals surface area contributed by atoms with Crippen molar-refractivity contribution < 1.29 is 13.9 Å². The molecule has 1 aromatic carbocycles. The Hall–Kier alpha value is -2.01. The van der Waals surface area contributed by atoms with E-state index >= 15 is 0 Å². The fourth-order valence-electron chi connectivity index (χ4n) is 1.79. The second kappa shape index (κ2) is 5.10. The maximum absolute atomic E-state index is 5.52. The van der Waals surface area contributed by atoms with Gasteiger partial charge in [0.25, 0.3) is 0 Å². The third-order valence-corrected chi connectivity index (χ3v) is 2.68. The topological polar surface area (TPSA) is 70.5 Å². The number of rotatable bonds is 4. The van der Waals surface area contributed by atoms with Crippen molar-refractivity contribution in [2.45, 2.75) is 13.5 Å². The molecule has 2 aromatic rings. The average Bonchev–Trinajstić information content (AvgIpc) is 2.79. The van der Waals surface area contributed by atoms with Gasteiger partial charge in [0.15, 0.2) is 0 Å². The van der Waals surface area contributed by atoms with Gasteiger partial charge in [-0.25, -0.2) is 4.98 Å². The van der Waals surface area contributed by atoms with E-state index < -0.39 is 0 Å². The molecule has 0 unspecified atom stereocenters. The molecule has 1 aromatic heterocycles. The van der Waals surface area contributed by atoms with E-state index in [0.29, 0.717) is 11.7 Å². The first kappa shape index (κ1) is 12.4. The molecule has 0 aliphatic carbocycles. The van der Waals surface area contributed by atoms with Gasteiger partial charge in [0.05, 0.1) is 20.8 Å². The number of methoxy groups -OCH3 is 2. The molecule has 2 rings (SSSR count). The predicted molar refractivity (Wildman–Crippen MR) is 67.7 cm³/mol. The second-order valence-electron chi connectivity index (χ2n) is 3.78. The van der Waals surface area contributed by atoms with Gasteiger partial charge in [-0.3, -0.25) is 0 Å². The third-order valence-electron chi connectivity index (χ3n) is 2.68. The summed E-state index contributed by atoms with van der Waals surface area (Å²) in [6.45, 7) is 2.12. The molecular formula is C13H16N2O3. The Morgan fingerprint density at radius 1 is 1.28 bits per heavy atom. The zero-order chi connectivity index (χ0) is 13.1.